The third kappa shape index (κ3) is 4.93. The van der Waals surface area contributed by atoms with E-state index >= 15 is 0 Å². The van der Waals surface area contributed by atoms with E-state index in [0.717, 1.165) is 38.3 Å². The first-order valence-electron chi connectivity index (χ1n) is 10.4. The van der Waals surface area contributed by atoms with Crippen LogP contribution in [0.3, 0.4) is 0 Å². The lowest BCUT2D eigenvalue weighted by molar-refractivity contribution is -0.132. The fourth-order valence-corrected chi connectivity index (χ4v) is 4.05. The fraction of sp³-hybridized carbons (Fsp3) is 0.458. The van der Waals surface area contributed by atoms with Gasteiger partial charge >= 0.3 is 0 Å². The first kappa shape index (κ1) is 19.0. The Kier molecular flexibility index (Phi) is 5.96. The third-order valence-electron chi connectivity index (χ3n) is 6.06. The van der Waals surface area contributed by atoms with Crippen molar-refractivity contribution in [3.05, 3.63) is 65.7 Å². The Morgan fingerprint density at radius 1 is 1.00 bits per heavy atom. The van der Waals surface area contributed by atoms with Gasteiger partial charge in [0, 0.05) is 32.6 Å². The zero-order chi connectivity index (χ0) is 19.3. The number of piperazine rings is 1. The highest BCUT2D eigenvalue weighted by Crippen LogP contribution is 2.50. The maximum absolute atomic E-state index is 12.4. The molecule has 1 aliphatic carbocycles. The first-order chi connectivity index (χ1) is 13.7. The molecule has 2 unspecified atom stereocenters. The number of amides is 1. The molecule has 1 aliphatic heterocycles. The largest absolute Gasteiger partial charge is 0.489 e. The maximum Gasteiger partial charge on any atom is 0.222 e. The van der Waals surface area contributed by atoms with Gasteiger partial charge in [-0.05, 0) is 55.0 Å². The van der Waals surface area contributed by atoms with Gasteiger partial charge in [-0.15, -0.1) is 0 Å². The SMILES string of the molecule is CN1CCN(C(=O)CCC2CC2c2ccc(OCc3ccccc3)cc2)CC1. The number of hydrogen-bond donors (Lipinski definition) is 0. The molecule has 0 radical (unpaired) electrons. The van der Waals surface area contributed by atoms with E-state index in [9.17, 15) is 4.79 Å². The van der Waals surface area contributed by atoms with Crippen molar-refractivity contribution in [1.29, 1.82) is 0 Å². The molecule has 1 heterocycles. The number of hydrogen-bond acceptors (Lipinski definition) is 3. The van der Waals surface area contributed by atoms with Gasteiger partial charge in [-0.2, -0.15) is 0 Å². The van der Waals surface area contributed by atoms with E-state index in [1.165, 1.54) is 17.5 Å². The molecule has 0 N–H and O–H groups in total. The van der Waals surface area contributed by atoms with E-state index in [2.05, 4.69) is 48.3 Å². The van der Waals surface area contributed by atoms with Crippen LogP contribution in [0.1, 0.15) is 36.3 Å². The number of carbonyl (C=O) groups excluding carboxylic acids is 1. The van der Waals surface area contributed by atoms with Gasteiger partial charge in [0.05, 0.1) is 0 Å². The van der Waals surface area contributed by atoms with Crippen LogP contribution in [0.4, 0.5) is 0 Å². The normalized spacial score (nSPS) is 22.1. The highest BCUT2D eigenvalue weighted by atomic mass is 16.5. The molecule has 2 aromatic carbocycles. The summed E-state index contributed by atoms with van der Waals surface area (Å²) in [5.74, 6) is 2.52. The molecular formula is C24H30N2O2. The number of benzene rings is 2. The minimum absolute atomic E-state index is 0.336. The standard InChI is InChI=1S/C24H30N2O2/c1-25-13-15-26(16-14-25)24(27)12-9-21-17-23(21)20-7-10-22(11-8-20)28-18-19-5-3-2-4-6-19/h2-8,10-11,21,23H,9,12-18H2,1H3. The molecule has 148 valence electrons. The molecule has 2 fully saturated rings. The molecule has 1 saturated heterocycles. The summed E-state index contributed by atoms with van der Waals surface area (Å²) in [5.41, 5.74) is 2.56. The van der Waals surface area contributed by atoms with E-state index in [4.69, 9.17) is 4.74 Å². The molecule has 4 rings (SSSR count). The van der Waals surface area contributed by atoms with E-state index in [-0.39, 0.29) is 0 Å². The number of likely N-dealkylation sites (N-methyl/N-ethyl adjacent to an activating group) is 1. The molecule has 0 bridgehead atoms. The van der Waals surface area contributed by atoms with Gasteiger partial charge in [-0.1, -0.05) is 42.5 Å². The van der Waals surface area contributed by atoms with Crippen LogP contribution in [0.2, 0.25) is 0 Å². The monoisotopic (exact) mass is 378 g/mol. The number of rotatable bonds is 7. The van der Waals surface area contributed by atoms with Crippen molar-refractivity contribution < 1.29 is 9.53 Å². The summed E-state index contributed by atoms with van der Waals surface area (Å²) in [6.45, 7) is 4.36. The zero-order valence-corrected chi connectivity index (χ0v) is 16.7. The van der Waals surface area contributed by atoms with Crippen LogP contribution in [0.25, 0.3) is 0 Å². The third-order valence-corrected chi connectivity index (χ3v) is 6.06. The second-order valence-electron chi connectivity index (χ2n) is 8.17. The quantitative estimate of drug-likeness (QED) is 0.732. The second kappa shape index (κ2) is 8.78. The Bertz CT molecular complexity index is 767. The van der Waals surface area contributed by atoms with Crippen LogP contribution in [0.15, 0.2) is 54.6 Å². The minimum atomic E-state index is 0.336. The van der Waals surface area contributed by atoms with Crippen LogP contribution in [0.5, 0.6) is 5.75 Å². The molecule has 0 aromatic heterocycles. The van der Waals surface area contributed by atoms with E-state index in [1.807, 2.05) is 23.1 Å². The predicted molar refractivity (Wildman–Crippen MR) is 111 cm³/mol. The summed E-state index contributed by atoms with van der Waals surface area (Å²) < 4.78 is 5.87. The van der Waals surface area contributed by atoms with Gasteiger partial charge in [0.15, 0.2) is 0 Å². The lowest BCUT2D eigenvalue weighted by Gasteiger charge is -2.32. The Hall–Kier alpha value is -2.33. The topological polar surface area (TPSA) is 32.8 Å². The van der Waals surface area contributed by atoms with Gasteiger partial charge in [0.2, 0.25) is 5.91 Å². The average molecular weight is 379 g/mol. The van der Waals surface area contributed by atoms with E-state index < -0.39 is 0 Å². The molecule has 1 saturated carbocycles. The molecule has 1 amide bonds. The molecule has 2 aliphatic rings. The van der Waals surface area contributed by atoms with Crippen molar-refractivity contribution in [3.63, 3.8) is 0 Å². The van der Waals surface area contributed by atoms with Gasteiger partial charge in [-0.25, -0.2) is 0 Å². The van der Waals surface area contributed by atoms with Crippen LogP contribution < -0.4 is 4.74 Å². The average Bonchev–Trinajstić information content (AvgIpc) is 3.52. The summed E-state index contributed by atoms with van der Waals surface area (Å²) in [5, 5.41) is 0. The number of ether oxygens (including phenoxy) is 1. The van der Waals surface area contributed by atoms with Crippen molar-refractivity contribution in [3.8, 4) is 5.75 Å². The van der Waals surface area contributed by atoms with Crippen molar-refractivity contribution in [2.24, 2.45) is 5.92 Å². The smallest absolute Gasteiger partial charge is 0.222 e. The Morgan fingerprint density at radius 3 is 2.43 bits per heavy atom. The number of carbonyl (C=O) groups is 1. The summed E-state index contributed by atoms with van der Waals surface area (Å²) in [7, 11) is 2.12. The molecule has 4 nitrogen and oxygen atoms in total. The second-order valence-corrected chi connectivity index (χ2v) is 8.17. The van der Waals surface area contributed by atoms with Gasteiger partial charge in [-0.3, -0.25) is 4.79 Å². The molecule has 4 heteroatoms. The van der Waals surface area contributed by atoms with Crippen LogP contribution in [-0.2, 0) is 11.4 Å². The van der Waals surface area contributed by atoms with E-state index in [1.54, 1.807) is 0 Å². The Labute approximate surface area is 168 Å². The highest BCUT2D eigenvalue weighted by Gasteiger charge is 2.38. The summed E-state index contributed by atoms with van der Waals surface area (Å²) in [6, 6.07) is 18.8. The van der Waals surface area contributed by atoms with Crippen LogP contribution in [0, 0.1) is 5.92 Å². The number of nitrogens with zero attached hydrogens (tertiary/aromatic N) is 2. The van der Waals surface area contributed by atoms with Crippen molar-refractivity contribution in [1.82, 2.24) is 9.80 Å². The van der Waals surface area contributed by atoms with Crippen molar-refractivity contribution >= 4 is 5.91 Å². The van der Waals surface area contributed by atoms with Gasteiger partial charge in [0.1, 0.15) is 12.4 Å². The molecule has 2 atom stereocenters. The molecular weight excluding hydrogens is 348 g/mol. The molecule has 2 aromatic rings. The summed E-state index contributed by atoms with van der Waals surface area (Å²) >= 11 is 0. The van der Waals surface area contributed by atoms with Crippen LogP contribution in [-0.4, -0.2) is 48.9 Å². The zero-order valence-electron chi connectivity index (χ0n) is 16.7. The Balaban J connectivity index is 1.20. The van der Waals surface area contributed by atoms with Gasteiger partial charge < -0.3 is 14.5 Å². The Morgan fingerprint density at radius 2 is 1.71 bits per heavy atom. The van der Waals surface area contributed by atoms with E-state index in [0.29, 0.717) is 30.8 Å². The fourth-order valence-electron chi connectivity index (χ4n) is 4.05. The summed E-state index contributed by atoms with van der Waals surface area (Å²) in [4.78, 5) is 16.7. The minimum Gasteiger partial charge on any atom is -0.489 e. The summed E-state index contributed by atoms with van der Waals surface area (Å²) in [6.07, 6.45) is 2.92. The first-order valence-corrected chi connectivity index (χ1v) is 10.4. The van der Waals surface area contributed by atoms with Crippen LogP contribution >= 0.6 is 0 Å². The predicted octanol–water partition coefficient (Wildman–Crippen LogP) is 3.92. The van der Waals surface area contributed by atoms with Crippen molar-refractivity contribution in [2.45, 2.75) is 31.8 Å². The molecule has 28 heavy (non-hydrogen) atoms. The van der Waals surface area contributed by atoms with Crippen molar-refractivity contribution in [2.75, 3.05) is 33.2 Å². The van der Waals surface area contributed by atoms with Gasteiger partial charge in [0.25, 0.3) is 0 Å². The highest BCUT2D eigenvalue weighted by molar-refractivity contribution is 5.76. The lowest BCUT2D eigenvalue weighted by Crippen LogP contribution is -2.47. The molecule has 0 spiro atoms. The maximum atomic E-state index is 12.4. The lowest BCUT2D eigenvalue weighted by atomic mass is 10.1.